The number of benzene rings is 8. The van der Waals surface area contributed by atoms with Crippen LogP contribution in [-0.4, -0.2) is 19.5 Å². The van der Waals surface area contributed by atoms with Crippen molar-refractivity contribution in [3.63, 3.8) is 0 Å². The van der Waals surface area contributed by atoms with Crippen molar-refractivity contribution in [1.29, 1.82) is 0 Å². The fourth-order valence-corrected chi connectivity index (χ4v) is 5.87. The van der Waals surface area contributed by atoms with Crippen molar-refractivity contribution in [1.82, 2.24) is 19.5 Å². The SMILES string of the molecule is [2H]c1c([2H])c([2H])c(-c2ccc(-n3c4c([2H])c([2H])c([2H])c([2H])c4c4c(-c5c([2H])c([2H])c([2H])c([2H])c5[2H])c([2H])c([2H])c([2H])c43)c(-c3nc(-c4c([2H])c([2H])c([2H])c([2H])c4[2H])nc(-c4c([2H])c([2H])c([2H])c(-c5c([2H])c([2H])c([2H])c([2H])c5[2H])c4[2H])n3)c2)c([2H])c1[2H]. The third kappa shape index (κ3) is 5.96. The van der Waals surface area contributed by atoms with Gasteiger partial charge in [0.2, 0.25) is 0 Å². The molecule has 10 aromatic rings. The Hall–Kier alpha value is -7.43. The Labute approximate surface area is 363 Å². The summed E-state index contributed by atoms with van der Waals surface area (Å²) in [6.45, 7) is 0. The predicted molar refractivity (Wildman–Crippen MR) is 227 cm³/mol. The van der Waals surface area contributed by atoms with E-state index >= 15 is 0 Å². The molecule has 0 amide bonds. The zero-order valence-electron chi connectivity index (χ0n) is 58.5. The number of hydrogen-bond acceptors (Lipinski definition) is 3. The van der Waals surface area contributed by atoms with Gasteiger partial charge in [-0.2, -0.15) is 0 Å². The van der Waals surface area contributed by atoms with Crippen LogP contribution in [0.15, 0.2) is 206 Å². The summed E-state index contributed by atoms with van der Waals surface area (Å²) in [5.74, 6) is -2.66. The molecule has 0 bridgehead atoms. The molecule has 2 heterocycles. The number of nitrogens with zero attached hydrogens (tertiary/aromatic N) is 4. The summed E-state index contributed by atoms with van der Waals surface area (Å²) in [5, 5.41) is -1.12. The van der Waals surface area contributed by atoms with Gasteiger partial charge in [-0.05, 0) is 63.6 Å². The fourth-order valence-electron chi connectivity index (χ4n) is 5.87. The first-order valence-corrected chi connectivity index (χ1v) is 16.0. The minimum absolute atomic E-state index is 0.298. The first-order chi connectivity index (χ1) is 40.1. The van der Waals surface area contributed by atoms with Crippen molar-refractivity contribution in [2.24, 2.45) is 0 Å². The summed E-state index contributed by atoms with van der Waals surface area (Å²) in [5.41, 5.74) is -7.79. The van der Waals surface area contributed by atoms with E-state index in [4.69, 9.17) is 32.9 Å². The zero-order chi connectivity index (χ0) is 63.5. The maximum Gasteiger partial charge on any atom is 0.166 e. The van der Waals surface area contributed by atoms with Gasteiger partial charge in [0.1, 0.15) is 0 Å². The van der Waals surface area contributed by atoms with E-state index < -0.39 is 277 Å². The van der Waals surface area contributed by atoms with Gasteiger partial charge in [0.05, 0.1) is 59.2 Å². The molecule has 2 aromatic heterocycles. The average Bonchev–Trinajstić information content (AvgIpc) is 1.51. The fraction of sp³-hybridized carbons (Fsp3) is 0. The van der Waals surface area contributed by atoms with Gasteiger partial charge in [-0.1, -0.05) is 175 Å². The largest absolute Gasteiger partial charge is 0.308 e. The van der Waals surface area contributed by atoms with Gasteiger partial charge >= 0.3 is 0 Å². The summed E-state index contributed by atoms with van der Waals surface area (Å²) in [6, 6.07) is -25.4. The summed E-state index contributed by atoms with van der Waals surface area (Å²) in [6.07, 6.45) is 0. The topological polar surface area (TPSA) is 43.6 Å². The van der Waals surface area contributed by atoms with Crippen molar-refractivity contribution < 1.29 is 42.5 Å². The molecule has 8 aromatic carbocycles. The van der Waals surface area contributed by atoms with E-state index in [0.717, 1.165) is 22.8 Å². The molecule has 55 heavy (non-hydrogen) atoms. The van der Waals surface area contributed by atoms with Crippen molar-refractivity contribution in [2.45, 2.75) is 0 Å². The Morgan fingerprint density at radius 3 is 1.58 bits per heavy atom. The maximum absolute atomic E-state index is 9.61. The number of aromatic nitrogens is 4. The Bertz CT molecular complexity index is 4670. The number of rotatable bonds is 7. The molecule has 0 unspecified atom stereocenters. The van der Waals surface area contributed by atoms with E-state index in [-0.39, 0.29) is 5.56 Å². The lowest BCUT2D eigenvalue weighted by molar-refractivity contribution is 1.06. The van der Waals surface area contributed by atoms with Gasteiger partial charge in [0.25, 0.3) is 0 Å². The van der Waals surface area contributed by atoms with Gasteiger partial charge in [0, 0.05) is 27.5 Å². The van der Waals surface area contributed by atoms with Crippen LogP contribution in [0.1, 0.15) is 42.5 Å². The molecule has 10 rings (SSSR count). The zero-order valence-corrected chi connectivity index (χ0v) is 27.5. The molecule has 0 radical (unpaired) electrons. The molecular formula is C51H34N4. The quantitative estimate of drug-likeness (QED) is 0.164. The minimum Gasteiger partial charge on any atom is -0.308 e. The van der Waals surface area contributed by atoms with E-state index in [0.29, 0.717) is 0 Å². The summed E-state index contributed by atoms with van der Waals surface area (Å²) >= 11 is 0. The van der Waals surface area contributed by atoms with Crippen LogP contribution >= 0.6 is 0 Å². The molecule has 4 nitrogen and oxygen atoms in total. The first kappa shape index (κ1) is 13.5. The third-order valence-electron chi connectivity index (χ3n) is 8.19. The molecule has 0 saturated heterocycles. The molecule has 0 aliphatic heterocycles. The van der Waals surface area contributed by atoms with Gasteiger partial charge in [-0.15, -0.1) is 0 Å². The maximum atomic E-state index is 9.61. The molecule has 0 aliphatic rings. The molecular weight excluding hydrogens is 669 g/mol. The highest BCUT2D eigenvalue weighted by atomic mass is 15.1. The summed E-state index contributed by atoms with van der Waals surface area (Å²) in [4.78, 5) is 13.6. The second-order valence-electron chi connectivity index (χ2n) is 11.3. The molecule has 0 spiro atoms. The highest BCUT2D eigenvalue weighted by Gasteiger charge is 2.22. The lowest BCUT2D eigenvalue weighted by atomic mass is 9.99. The predicted octanol–water partition coefficient (Wildman–Crippen LogP) is 13.0. The van der Waals surface area contributed by atoms with Gasteiger partial charge < -0.3 is 4.57 Å². The Morgan fingerprint density at radius 1 is 0.364 bits per heavy atom. The van der Waals surface area contributed by atoms with Crippen molar-refractivity contribution >= 4 is 21.8 Å². The molecule has 0 N–H and O–H groups in total. The van der Waals surface area contributed by atoms with E-state index in [1.54, 1.807) is 0 Å². The standard InChI is InChI=1S/C51H34N4/c1-5-17-35(18-6-1)39-25-15-26-41(33-39)50-52-49(38-23-11-4-12-24-38)53-51(54-50)44-34-40(36-19-7-2-8-20-36)31-32-46(44)55-45-29-14-13-27-43(45)48-42(28-16-30-47(48)55)37-21-9-3-10-22-37/h1-34H/i1D,2D,3D,4D,5D,6D,7D,8D,9D,10D,11D,12D,13D,14D,15D,16D,17D,18D,19D,20D,21D,22D,23D,24D,25D,26D,27D,28D,29D,30D,33D. The van der Waals surface area contributed by atoms with Crippen LogP contribution in [0.4, 0.5) is 0 Å². The van der Waals surface area contributed by atoms with Crippen LogP contribution in [0.25, 0.3) is 95.0 Å². The van der Waals surface area contributed by atoms with Crippen LogP contribution in [0.5, 0.6) is 0 Å². The second-order valence-corrected chi connectivity index (χ2v) is 11.3. The van der Waals surface area contributed by atoms with Crippen molar-refractivity contribution in [2.75, 3.05) is 0 Å². The van der Waals surface area contributed by atoms with E-state index in [2.05, 4.69) is 15.0 Å². The van der Waals surface area contributed by atoms with Crippen LogP contribution < -0.4 is 0 Å². The number of para-hydroxylation sites is 1. The van der Waals surface area contributed by atoms with Crippen molar-refractivity contribution in [3.05, 3.63) is 206 Å². The van der Waals surface area contributed by atoms with Gasteiger partial charge in [0.15, 0.2) is 17.5 Å². The molecule has 0 saturated carbocycles. The smallest absolute Gasteiger partial charge is 0.166 e. The number of hydrogen-bond donors (Lipinski definition) is 0. The molecule has 258 valence electrons. The summed E-state index contributed by atoms with van der Waals surface area (Å²) < 4.78 is 275. The average molecular weight is 734 g/mol. The Kier molecular flexibility index (Phi) is 3.39. The highest BCUT2D eigenvalue weighted by molar-refractivity contribution is 6.16. The normalized spacial score (nSPS) is 19.2. The highest BCUT2D eigenvalue weighted by Crippen LogP contribution is 2.41. The minimum atomic E-state index is -1.05. The molecule has 0 aliphatic carbocycles. The van der Waals surface area contributed by atoms with Crippen LogP contribution in [0.2, 0.25) is 0 Å². The molecule has 4 heteroatoms. The van der Waals surface area contributed by atoms with E-state index in [1.165, 1.54) is 0 Å². The monoisotopic (exact) mass is 733 g/mol. The van der Waals surface area contributed by atoms with Gasteiger partial charge in [-0.25, -0.2) is 15.0 Å². The first-order valence-electron chi connectivity index (χ1n) is 31.5. The van der Waals surface area contributed by atoms with Crippen LogP contribution in [0, 0.1) is 0 Å². The van der Waals surface area contributed by atoms with Gasteiger partial charge in [-0.3, -0.25) is 0 Å². The lowest BCUT2D eigenvalue weighted by Gasteiger charge is -2.16. The van der Waals surface area contributed by atoms with Crippen LogP contribution in [-0.2, 0) is 0 Å². The summed E-state index contributed by atoms with van der Waals surface area (Å²) in [7, 11) is 0. The lowest BCUT2D eigenvalue weighted by Crippen LogP contribution is -2.04. The van der Waals surface area contributed by atoms with Crippen molar-refractivity contribution in [3.8, 4) is 73.2 Å². The van der Waals surface area contributed by atoms with Crippen LogP contribution in [0.3, 0.4) is 0 Å². The molecule has 0 atom stereocenters. The third-order valence-corrected chi connectivity index (χ3v) is 8.19. The van der Waals surface area contributed by atoms with E-state index in [1.807, 2.05) is 0 Å². The Balaban J connectivity index is 1.48. The molecule has 0 fully saturated rings. The number of fused-ring (bicyclic) bond motifs is 3. The second kappa shape index (κ2) is 13.8. The van der Waals surface area contributed by atoms with E-state index in [9.17, 15) is 9.60 Å². The Morgan fingerprint density at radius 2 is 0.873 bits per heavy atom.